The standard InChI is InChI=1S/C17H27N/c1-6-8-9-16(18-7-2)14-10-12-15(13-11-14)17(3,4)5/h6,10-13,16,18H,1,7-9H2,2-5H3. The van der Waals surface area contributed by atoms with Gasteiger partial charge in [0.05, 0.1) is 0 Å². The molecule has 0 fully saturated rings. The molecule has 0 aliphatic heterocycles. The third-order valence-electron chi connectivity index (χ3n) is 3.29. The largest absolute Gasteiger partial charge is 0.310 e. The molecule has 1 aromatic carbocycles. The number of nitrogens with one attached hydrogen (secondary N) is 1. The molecule has 1 heteroatoms. The molecule has 1 atom stereocenters. The van der Waals surface area contributed by atoms with Gasteiger partial charge in [-0.1, -0.05) is 58.0 Å². The summed E-state index contributed by atoms with van der Waals surface area (Å²) in [4.78, 5) is 0. The molecule has 1 aromatic rings. The van der Waals surface area contributed by atoms with Crippen molar-refractivity contribution in [2.45, 2.75) is 52.0 Å². The molecule has 0 heterocycles. The Morgan fingerprint density at radius 2 is 1.83 bits per heavy atom. The maximum absolute atomic E-state index is 3.81. The average Bonchev–Trinajstić information content (AvgIpc) is 2.33. The van der Waals surface area contributed by atoms with Gasteiger partial charge in [-0.25, -0.2) is 0 Å². The fraction of sp³-hybridized carbons (Fsp3) is 0.529. The van der Waals surface area contributed by atoms with E-state index in [9.17, 15) is 0 Å². The third-order valence-corrected chi connectivity index (χ3v) is 3.29. The van der Waals surface area contributed by atoms with E-state index in [1.807, 2.05) is 6.08 Å². The minimum Gasteiger partial charge on any atom is -0.310 e. The molecule has 1 rings (SSSR count). The highest BCUT2D eigenvalue weighted by molar-refractivity contribution is 5.29. The van der Waals surface area contributed by atoms with E-state index >= 15 is 0 Å². The minimum absolute atomic E-state index is 0.229. The molecule has 0 aliphatic rings. The first-order valence-corrected chi connectivity index (χ1v) is 6.93. The molecule has 0 spiro atoms. The van der Waals surface area contributed by atoms with Crippen LogP contribution in [-0.2, 0) is 5.41 Å². The summed E-state index contributed by atoms with van der Waals surface area (Å²) in [7, 11) is 0. The molecule has 0 bridgehead atoms. The summed E-state index contributed by atoms with van der Waals surface area (Å²) < 4.78 is 0. The van der Waals surface area contributed by atoms with Crippen molar-refractivity contribution >= 4 is 0 Å². The first kappa shape index (κ1) is 15.0. The second kappa shape index (κ2) is 6.75. The Morgan fingerprint density at radius 3 is 2.28 bits per heavy atom. The molecule has 1 unspecified atom stereocenters. The smallest absolute Gasteiger partial charge is 0.0323 e. The van der Waals surface area contributed by atoms with E-state index in [1.165, 1.54) is 11.1 Å². The van der Waals surface area contributed by atoms with Gasteiger partial charge in [-0.15, -0.1) is 6.58 Å². The Morgan fingerprint density at radius 1 is 1.22 bits per heavy atom. The number of hydrogen-bond acceptors (Lipinski definition) is 1. The lowest BCUT2D eigenvalue weighted by Gasteiger charge is -2.22. The zero-order valence-corrected chi connectivity index (χ0v) is 12.3. The summed E-state index contributed by atoms with van der Waals surface area (Å²) in [6.45, 7) is 13.7. The summed E-state index contributed by atoms with van der Waals surface area (Å²) >= 11 is 0. The SMILES string of the molecule is C=CCCC(NCC)c1ccc(C(C)(C)C)cc1. The molecule has 0 aromatic heterocycles. The highest BCUT2D eigenvalue weighted by atomic mass is 14.9. The molecule has 1 N–H and O–H groups in total. The Balaban J connectivity index is 2.82. The van der Waals surface area contributed by atoms with Crippen molar-refractivity contribution < 1.29 is 0 Å². The van der Waals surface area contributed by atoms with Crippen molar-refractivity contribution in [1.29, 1.82) is 0 Å². The molecule has 1 nitrogen and oxygen atoms in total. The number of allylic oxidation sites excluding steroid dienone is 1. The van der Waals surface area contributed by atoms with Crippen molar-refractivity contribution in [3.05, 3.63) is 48.0 Å². The van der Waals surface area contributed by atoms with Gasteiger partial charge in [-0.2, -0.15) is 0 Å². The number of benzene rings is 1. The topological polar surface area (TPSA) is 12.0 Å². The second-order valence-electron chi connectivity index (χ2n) is 5.85. The van der Waals surface area contributed by atoms with Crippen molar-refractivity contribution in [3.8, 4) is 0 Å². The number of hydrogen-bond donors (Lipinski definition) is 1. The predicted molar refractivity (Wildman–Crippen MR) is 81.0 cm³/mol. The van der Waals surface area contributed by atoms with Crippen LogP contribution in [0.15, 0.2) is 36.9 Å². The zero-order valence-electron chi connectivity index (χ0n) is 12.3. The van der Waals surface area contributed by atoms with Crippen molar-refractivity contribution in [3.63, 3.8) is 0 Å². The van der Waals surface area contributed by atoms with Crippen molar-refractivity contribution in [2.75, 3.05) is 6.54 Å². The summed E-state index contributed by atoms with van der Waals surface area (Å²) in [5, 5.41) is 3.54. The highest BCUT2D eigenvalue weighted by Crippen LogP contribution is 2.25. The van der Waals surface area contributed by atoms with Gasteiger partial charge >= 0.3 is 0 Å². The Labute approximate surface area is 112 Å². The van der Waals surface area contributed by atoms with Gasteiger partial charge in [0.25, 0.3) is 0 Å². The Kier molecular flexibility index (Phi) is 5.61. The van der Waals surface area contributed by atoms with Gasteiger partial charge in [-0.05, 0) is 35.9 Å². The van der Waals surface area contributed by atoms with Gasteiger partial charge < -0.3 is 5.32 Å². The van der Waals surface area contributed by atoms with Crippen LogP contribution in [0.25, 0.3) is 0 Å². The number of rotatable bonds is 6. The first-order chi connectivity index (χ1) is 8.49. The summed E-state index contributed by atoms with van der Waals surface area (Å²) in [5.74, 6) is 0. The van der Waals surface area contributed by atoms with Crippen molar-refractivity contribution in [2.24, 2.45) is 0 Å². The minimum atomic E-state index is 0.229. The van der Waals surface area contributed by atoms with E-state index in [0.29, 0.717) is 6.04 Å². The van der Waals surface area contributed by atoms with Crippen LogP contribution >= 0.6 is 0 Å². The van der Waals surface area contributed by atoms with E-state index in [1.54, 1.807) is 0 Å². The van der Waals surface area contributed by atoms with E-state index < -0.39 is 0 Å². The van der Waals surface area contributed by atoms with Crippen LogP contribution in [-0.4, -0.2) is 6.54 Å². The molecular weight excluding hydrogens is 218 g/mol. The lowest BCUT2D eigenvalue weighted by molar-refractivity contribution is 0.518. The monoisotopic (exact) mass is 245 g/mol. The second-order valence-corrected chi connectivity index (χ2v) is 5.85. The van der Waals surface area contributed by atoms with E-state index in [0.717, 1.165) is 19.4 Å². The van der Waals surface area contributed by atoms with Gasteiger partial charge in [0.2, 0.25) is 0 Å². The van der Waals surface area contributed by atoms with Crippen LogP contribution in [0.3, 0.4) is 0 Å². The van der Waals surface area contributed by atoms with E-state index in [-0.39, 0.29) is 5.41 Å². The third kappa shape index (κ3) is 4.30. The van der Waals surface area contributed by atoms with Crippen LogP contribution in [0, 0.1) is 0 Å². The fourth-order valence-corrected chi connectivity index (χ4v) is 2.13. The summed E-state index contributed by atoms with van der Waals surface area (Å²) in [6.07, 6.45) is 4.17. The lowest BCUT2D eigenvalue weighted by Crippen LogP contribution is -2.21. The van der Waals surface area contributed by atoms with Crippen LogP contribution in [0.4, 0.5) is 0 Å². The van der Waals surface area contributed by atoms with Crippen LogP contribution in [0.2, 0.25) is 0 Å². The van der Waals surface area contributed by atoms with E-state index in [2.05, 4.69) is 63.9 Å². The molecule has 18 heavy (non-hydrogen) atoms. The Bertz CT molecular complexity index is 356. The molecule has 0 saturated heterocycles. The Hall–Kier alpha value is -1.08. The summed E-state index contributed by atoms with van der Waals surface area (Å²) in [5.41, 5.74) is 3.00. The molecular formula is C17H27N. The fourth-order valence-electron chi connectivity index (χ4n) is 2.13. The predicted octanol–water partition coefficient (Wildman–Crippen LogP) is 4.60. The molecule has 0 amide bonds. The maximum atomic E-state index is 3.81. The van der Waals surface area contributed by atoms with Gasteiger partial charge in [0.1, 0.15) is 0 Å². The van der Waals surface area contributed by atoms with Gasteiger partial charge in [0.15, 0.2) is 0 Å². The summed E-state index contributed by atoms with van der Waals surface area (Å²) in [6, 6.07) is 9.48. The van der Waals surface area contributed by atoms with Gasteiger partial charge in [0, 0.05) is 6.04 Å². The highest BCUT2D eigenvalue weighted by Gasteiger charge is 2.14. The average molecular weight is 245 g/mol. The maximum Gasteiger partial charge on any atom is 0.0323 e. The van der Waals surface area contributed by atoms with Crippen molar-refractivity contribution in [1.82, 2.24) is 5.32 Å². The van der Waals surface area contributed by atoms with E-state index in [4.69, 9.17) is 0 Å². The van der Waals surface area contributed by atoms with Gasteiger partial charge in [-0.3, -0.25) is 0 Å². The lowest BCUT2D eigenvalue weighted by atomic mass is 9.86. The molecule has 0 radical (unpaired) electrons. The molecule has 100 valence electrons. The normalized spacial score (nSPS) is 13.3. The molecule has 0 aliphatic carbocycles. The van der Waals surface area contributed by atoms with Crippen LogP contribution in [0.1, 0.15) is 57.7 Å². The molecule has 0 saturated carbocycles. The first-order valence-electron chi connectivity index (χ1n) is 6.93. The quantitative estimate of drug-likeness (QED) is 0.722. The van der Waals surface area contributed by atoms with Crippen LogP contribution < -0.4 is 5.32 Å². The van der Waals surface area contributed by atoms with Crippen LogP contribution in [0.5, 0.6) is 0 Å². The zero-order chi connectivity index (χ0) is 13.6.